The van der Waals surface area contributed by atoms with Gasteiger partial charge in [-0.15, -0.1) is 0 Å². The molecule has 0 radical (unpaired) electrons. The van der Waals surface area contributed by atoms with Crippen LogP contribution in [0.15, 0.2) is 77.7 Å². The van der Waals surface area contributed by atoms with Crippen molar-refractivity contribution in [2.24, 2.45) is 0 Å². The number of hydrogen-bond acceptors (Lipinski definition) is 4. The van der Waals surface area contributed by atoms with Crippen molar-refractivity contribution in [1.29, 1.82) is 0 Å². The van der Waals surface area contributed by atoms with Crippen molar-refractivity contribution in [1.82, 2.24) is 14.9 Å². The number of rotatable bonds is 8. The molecule has 0 spiro atoms. The van der Waals surface area contributed by atoms with E-state index in [1.54, 1.807) is 12.1 Å². The third-order valence-corrected chi connectivity index (χ3v) is 8.21. The largest absolute Gasteiger partial charge is 0.333 e. The van der Waals surface area contributed by atoms with Crippen LogP contribution in [-0.4, -0.2) is 50.6 Å². The number of piperidine rings is 1. The maximum Gasteiger partial charge on any atom is 0.319 e. The second-order valence-corrected chi connectivity index (χ2v) is 11.1. The van der Waals surface area contributed by atoms with Gasteiger partial charge >= 0.3 is 6.03 Å². The fourth-order valence-electron chi connectivity index (χ4n) is 4.84. The molecule has 1 fully saturated rings. The highest BCUT2D eigenvalue weighted by molar-refractivity contribution is 7.89. The summed E-state index contributed by atoms with van der Waals surface area (Å²) in [4.78, 5) is 15.4. The van der Waals surface area contributed by atoms with Crippen molar-refractivity contribution in [2.45, 2.75) is 56.1 Å². The summed E-state index contributed by atoms with van der Waals surface area (Å²) in [5.74, 6) is 0. The predicted molar refractivity (Wildman–Crippen MR) is 141 cm³/mol. The second kappa shape index (κ2) is 11.2. The molecule has 1 saturated heterocycles. The number of hydrogen-bond donors (Lipinski definition) is 3. The van der Waals surface area contributed by atoms with Crippen LogP contribution in [0.4, 0.5) is 10.5 Å². The molecule has 0 aromatic heterocycles. The van der Waals surface area contributed by atoms with Crippen LogP contribution in [0.2, 0.25) is 0 Å². The van der Waals surface area contributed by atoms with Gasteiger partial charge in [-0.2, -0.15) is 0 Å². The average Bonchev–Trinajstić information content (AvgIpc) is 2.85. The van der Waals surface area contributed by atoms with Gasteiger partial charge in [0.05, 0.1) is 10.9 Å². The zero-order valence-electron chi connectivity index (χ0n) is 20.3. The van der Waals surface area contributed by atoms with Crippen LogP contribution < -0.4 is 15.4 Å². The Morgan fingerprint density at radius 1 is 0.943 bits per heavy atom. The molecule has 1 aliphatic rings. The van der Waals surface area contributed by atoms with Gasteiger partial charge in [0, 0.05) is 36.2 Å². The number of sulfonamides is 1. The van der Waals surface area contributed by atoms with Gasteiger partial charge in [0.2, 0.25) is 10.0 Å². The lowest BCUT2D eigenvalue weighted by atomic mass is 9.97. The topological polar surface area (TPSA) is 90.5 Å². The highest BCUT2D eigenvalue weighted by Crippen LogP contribution is 2.24. The Labute approximate surface area is 208 Å². The first-order chi connectivity index (χ1) is 16.8. The first kappa shape index (κ1) is 25.2. The molecule has 0 saturated carbocycles. The molecule has 2 amide bonds. The molecule has 3 atom stereocenters. The molecular formula is C27H34N4O3S. The number of likely N-dealkylation sites (tertiary alicyclic amines) is 1. The molecule has 0 bridgehead atoms. The monoisotopic (exact) mass is 494 g/mol. The fraction of sp³-hybridized carbons (Fsp3) is 0.370. The molecule has 4 rings (SSSR count). The molecule has 3 aromatic rings. The van der Waals surface area contributed by atoms with Crippen molar-refractivity contribution in [3.8, 4) is 0 Å². The lowest BCUT2D eigenvalue weighted by Gasteiger charge is -2.41. The smallest absolute Gasteiger partial charge is 0.319 e. The van der Waals surface area contributed by atoms with Gasteiger partial charge < -0.3 is 10.6 Å². The van der Waals surface area contributed by atoms with E-state index in [4.69, 9.17) is 0 Å². The number of nitrogens with one attached hydrogen (secondary N) is 3. The molecule has 7 nitrogen and oxygen atoms in total. The van der Waals surface area contributed by atoms with Gasteiger partial charge in [-0.1, -0.05) is 61.0 Å². The quantitative estimate of drug-likeness (QED) is 0.428. The van der Waals surface area contributed by atoms with E-state index in [0.717, 1.165) is 18.2 Å². The molecule has 3 N–H and O–H groups in total. The van der Waals surface area contributed by atoms with Crippen LogP contribution in [0, 0.1) is 0 Å². The number of benzene rings is 3. The van der Waals surface area contributed by atoms with Gasteiger partial charge in [0.25, 0.3) is 0 Å². The number of nitrogens with zero attached hydrogens (tertiary/aromatic N) is 1. The van der Waals surface area contributed by atoms with Crippen molar-refractivity contribution in [3.63, 3.8) is 0 Å². The van der Waals surface area contributed by atoms with Gasteiger partial charge in [0.15, 0.2) is 0 Å². The minimum atomic E-state index is -3.78. The van der Waals surface area contributed by atoms with Crippen LogP contribution in [0.1, 0.15) is 33.1 Å². The van der Waals surface area contributed by atoms with Crippen molar-refractivity contribution < 1.29 is 13.2 Å². The molecular weight excluding hydrogens is 460 g/mol. The number of carbonyl (C=O) groups is 1. The number of anilines is 1. The zero-order chi connectivity index (χ0) is 24.8. The summed E-state index contributed by atoms with van der Waals surface area (Å²) in [6.07, 6.45) is 3.36. The molecule has 35 heavy (non-hydrogen) atoms. The molecule has 0 aliphatic carbocycles. The number of para-hydroxylation sites is 1. The van der Waals surface area contributed by atoms with Crippen LogP contribution in [-0.2, 0) is 10.0 Å². The standard InChI is InChI=1S/C27H34N4O3S/c1-20-10-8-11-21(2)31(20)19-24(30-27(32)29-23-14-4-3-5-15-23)18-28-35(33,34)26-17-9-13-22-12-6-7-16-25(22)26/h3-7,9,12-17,20-21,24,28H,8,10-11,18-19H2,1-2H3,(H2,29,30,32)/t20-,21+,24-/m0/s1. The number of carbonyl (C=O) groups excluding carboxylic acids is 1. The Morgan fingerprint density at radius 2 is 1.60 bits per heavy atom. The lowest BCUT2D eigenvalue weighted by Crippen LogP contribution is -2.55. The first-order valence-corrected chi connectivity index (χ1v) is 13.7. The van der Waals surface area contributed by atoms with Crippen LogP contribution >= 0.6 is 0 Å². The van der Waals surface area contributed by atoms with E-state index in [1.807, 2.05) is 60.7 Å². The Balaban J connectivity index is 1.51. The number of amides is 2. The summed E-state index contributed by atoms with van der Waals surface area (Å²) >= 11 is 0. The summed E-state index contributed by atoms with van der Waals surface area (Å²) in [5, 5.41) is 7.37. The van der Waals surface area contributed by atoms with E-state index >= 15 is 0 Å². The normalized spacial score (nSPS) is 19.8. The molecule has 3 aromatic carbocycles. The Morgan fingerprint density at radius 3 is 2.34 bits per heavy atom. The molecule has 0 unspecified atom stereocenters. The zero-order valence-corrected chi connectivity index (χ0v) is 21.1. The van der Waals surface area contributed by atoms with Crippen LogP contribution in [0.25, 0.3) is 10.8 Å². The third-order valence-electron chi connectivity index (χ3n) is 6.73. The lowest BCUT2D eigenvalue weighted by molar-refractivity contribution is 0.0928. The Hall–Kier alpha value is -2.94. The average molecular weight is 495 g/mol. The van der Waals surface area contributed by atoms with Crippen LogP contribution in [0.5, 0.6) is 0 Å². The SMILES string of the molecule is C[C@@H]1CCC[C@H](C)N1C[C@H](CNS(=O)(=O)c1cccc2ccccc12)NC(=O)Nc1ccccc1. The van der Waals surface area contributed by atoms with Crippen LogP contribution in [0.3, 0.4) is 0 Å². The van der Waals surface area contributed by atoms with E-state index in [0.29, 0.717) is 29.7 Å². The predicted octanol–water partition coefficient (Wildman–Crippen LogP) is 4.57. The maximum absolute atomic E-state index is 13.3. The Bertz CT molecular complexity index is 1230. The summed E-state index contributed by atoms with van der Waals surface area (Å²) < 4.78 is 29.3. The third kappa shape index (κ3) is 6.39. The van der Waals surface area contributed by atoms with Gasteiger partial charge in [-0.25, -0.2) is 17.9 Å². The van der Waals surface area contributed by atoms with E-state index in [2.05, 4.69) is 34.1 Å². The van der Waals surface area contributed by atoms with Gasteiger partial charge in [0.1, 0.15) is 0 Å². The van der Waals surface area contributed by atoms with E-state index in [1.165, 1.54) is 6.42 Å². The number of urea groups is 1. The fourth-order valence-corrected chi connectivity index (χ4v) is 6.15. The molecule has 186 valence electrons. The molecule has 1 heterocycles. The highest BCUT2D eigenvalue weighted by atomic mass is 32.2. The van der Waals surface area contributed by atoms with E-state index < -0.39 is 16.1 Å². The van der Waals surface area contributed by atoms with Crippen molar-refractivity contribution in [3.05, 3.63) is 72.8 Å². The second-order valence-electron chi connectivity index (χ2n) is 9.32. The van der Waals surface area contributed by atoms with Gasteiger partial charge in [-0.3, -0.25) is 4.90 Å². The highest BCUT2D eigenvalue weighted by Gasteiger charge is 2.29. The molecule has 1 aliphatic heterocycles. The maximum atomic E-state index is 13.3. The van der Waals surface area contributed by atoms with Crippen molar-refractivity contribution >= 4 is 32.5 Å². The van der Waals surface area contributed by atoms with E-state index in [9.17, 15) is 13.2 Å². The van der Waals surface area contributed by atoms with Gasteiger partial charge in [-0.05, 0) is 50.3 Å². The summed E-state index contributed by atoms with van der Waals surface area (Å²) in [6.45, 7) is 5.03. The summed E-state index contributed by atoms with van der Waals surface area (Å²) in [5.41, 5.74) is 0.680. The minimum absolute atomic E-state index is 0.0870. The first-order valence-electron chi connectivity index (χ1n) is 12.2. The van der Waals surface area contributed by atoms with Crippen molar-refractivity contribution in [2.75, 3.05) is 18.4 Å². The van der Waals surface area contributed by atoms with E-state index in [-0.39, 0.29) is 17.5 Å². The summed E-state index contributed by atoms with van der Waals surface area (Å²) in [6, 6.07) is 21.9. The Kier molecular flexibility index (Phi) is 8.05. The molecule has 8 heteroatoms. The summed E-state index contributed by atoms with van der Waals surface area (Å²) in [7, 11) is -3.78. The minimum Gasteiger partial charge on any atom is -0.333 e. The number of fused-ring (bicyclic) bond motifs is 1.